The molecule has 4 aromatic rings. The summed E-state index contributed by atoms with van der Waals surface area (Å²) in [7, 11) is 1.45. The Kier molecular flexibility index (Phi) is 5.32. The predicted molar refractivity (Wildman–Crippen MR) is 121 cm³/mol. The van der Waals surface area contributed by atoms with Crippen molar-refractivity contribution in [2.75, 3.05) is 12.8 Å². The number of nitrogens with zero attached hydrogens (tertiary/aromatic N) is 3. The number of para-hydroxylation sites is 1. The summed E-state index contributed by atoms with van der Waals surface area (Å²) in [5.74, 6) is -0.0664. The van der Waals surface area contributed by atoms with Crippen LogP contribution < -0.4 is 21.5 Å². The predicted octanol–water partition coefficient (Wildman–Crippen LogP) is 3.02. The summed E-state index contributed by atoms with van der Waals surface area (Å²) < 4.78 is 8.21. The maximum atomic E-state index is 13.1. The highest BCUT2D eigenvalue weighted by Crippen LogP contribution is 2.28. The van der Waals surface area contributed by atoms with Gasteiger partial charge in [0.1, 0.15) is 5.75 Å². The van der Waals surface area contributed by atoms with Crippen LogP contribution >= 0.6 is 11.6 Å². The Morgan fingerprint density at radius 1 is 1.29 bits per heavy atom. The van der Waals surface area contributed by atoms with E-state index in [9.17, 15) is 9.59 Å². The number of nitrogens with two attached hydrogens (primary N) is 1. The second-order valence-electron chi connectivity index (χ2n) is 7.46. The van der Waals surface area contributed by atoms with Gasteiger partial charge in [-0.1, -0.05) is 29.8 Å². The van der Waals surface area contributed by atoms with E-state index in [0.29, 0.717) is 17.1 Å². The van der Waals surface area contributed by atoms with E-state index in [0.717, 1.165) is 16.5 Å². The number of rotatable bonds is 5. The van der Waals surface area contributed by atoms with Crippen LogP contribution in [0.5, 0.6) is 5.75 Å². The summed E-state index contributed by atoms with van der Waals surface area (Å²) >= 11 is 6.06. The fourth-order valence-electron chi connectivity index (χ4n) is 3.63. The van der Waals surface area contributed by atoms with Crippen LogP contribution in [0.25, 0.3) is 16.6 Å². The molecule has 0 spiro atoms. The highest BCUT2D eigenvalue weighted by molar-refractivity contribution is 6.33. The van der Waals surface area contributed by atoms with Crippen molar-refractivity contribution in [3.63, 3.8) is 0 Å². The number of methoxy groups -OCH3 is 1. The van der Waals surface area contributed by atoms with Crippen LogP contribution in [0.4, 0.5) is 5.69 Å². The Morgan fingerprint density at radius 2 is 2.03 bits per heavy atom. The van der Waals surface area contributed by atoms with Gasteiger partial charge in [0.25, 0.3) is 5.91 Å². The molecule has 2 heterocycles. The number of amides is 1. The zero-order valence-electron chi connectivity index (χ0n) is 17.3. The molecular formula is C22H22ClN5O3. The fraction of sp³-hybridized carbons (Fsp3) is 0.227. The number of pyridine rings is 1. The summed E-state index contributed by atoms with van der Waals surface area (Å²) in [6, 6.07) is 12.2. The number of hydrogen-bond donors (Lipinski definition) is 2. The van der Waals surface area contributed by atoms with E-state index in [2.05, 4.69) is 10.4 Å². The van der Waals surface area contributed by atoms with Crippen molar-refractivity contribution in [2.45, 2.75) is 26.4 Å². The lowest BCUT2D eigenvalue weighted by molar-refractivity contribution is 0.0932. The molecule has 0 bridgehead atoms. The summed E-state index contributed by atoms with van der Waals surface area (Å²) in [5.41, 5.74) is 8.38. The van der Waals surface area contributed by atoms with Gasteiger partial charge in [0.2, 0.25) is 0 Å². The average Bonchev–Trinajstić information content (AvgIpc) is 3.06. The Hall–Kier alpha value is -3.52. The molecule has 4 rings (SSSR count). The van der Waals surface area contributed by atoms with E-state index >= 15 is 0 Å². The molecule has 2 aromatic heterocycles. The number of hydrogen-bond acceptors (Lipinski definition) is 5. The van der Waals surface area contributed by atoms with Gasteiger partial charge in [0, 0.05) is 12.1 Å². The molecule has 1 amide bonds. The molecular weight excluding hydrogens is 418 g/mol. The van der Waals surface area contributed by atoms with Gasteiger partial charge in [0.05, 0.1) is 35.4 Å². The van der Waals surface area contributed by atoms with Crippen LogP contribution in [0.1, 0.15) is 22.8 Å². The fourth-order valence-corrected chi connectivity index (χ4v) is 3.80. The second kappa shape index (κ2) is 7.96. The monoisotopic (exact) mass is 439 g/mol. The summed E-state index contributed by atoms with van der Waals surface area (Å²) in [6.45, 7) is 3.91. The van der Waals surface area contributed by atoms with Crippen molar-refractivity contribution in [1.29, 1.82) is 0 Å². The van der Waals surface area contributed by atoms with Gasteiger partial charge in [-0.15, -0.1) is 5.10 Å². The van der Waals surface area contributed by atoms with Gasteiger partial charge < -0.3 is 15.8 Å². The van der Waals surface area contributed by atoms with E-state index in [1.807, 2.05) is 37.3 Å². The van der Waals surface area contributed by atoms with Gasteiger partial charge in [0.15, 0.2) is 5.65 Å². The highest BCUT2D eigenvalue weighted by atomic mass is 35.5. The third-order valence-electron chi connectivity index (χ3n) is 5.13. The van der Waals surface area contributed by atoms with Crippen LogP contribution in [0, 0.1) is 6.92 Å². The van der Waals surface area contributed by atoms with Crippen molar-refractivity contribution in [1.82, 2.24) is 19.5 Å². The molecule has 0 saturated carbocycles. The van der Waals surface area contributed by atoms with Gasteiger partial charge >= 0.3 is 5.69 Å². The first-order valence-corrected chi connectivity index (χ1v) is 10.1. The first kappa shape index (κ1) is 20.7. The lowest BCUT2D eigenvalue weighted by Crippen LogP contribution is -2.38. The van der Waals surface area contributed by atoms with Crippen LogP contribution in [0.2, 0.25) is 5.02 Å². The molecule has 1 atom stereocenters. The van der Waals surface area contributed by atoms with Gasteiger partial charge in [-0.3, -0.25) is 4.79 Å². The van der Waals surface area contributed by atoms with Crippen LogP contribution in [-0.2, 0) is 6.54 Å². The van der Waals surface area contributed by atoms with Gasteiger partial charge in [-0.05, 0) is 43.0 Å². The Labute approximate surface area is 183 Å². The summed E-state index contributed by atoms with van der Waals surface area (Å²) in [4.78, 5) is 25.8. The minimum atomic E-state index is -0.386. The molecule has 0 aliphatic carbocycles. The van der Waals surface area contributed by atoms with E-state index < -0.39 is 0 Å². The number of ether oxygens (including phenoxy) is 1. The van der Waals surface area contributed by atoms with Crippen molar-refractivity contribution >= 4 is 39.7 Å². The van der Waals surface area contributed by atoms with Crippen molar-refractivity contribution in [3.05, 3.63) is 69.1 Å². The maximum absolute atomic E-state index is 13.1. The summed E-state index contributed by atoms with van der Waals surface area (Å²) in [6.07, 6.45) is 0. The molecule has 0 saturated heterocycles. The number of carbonyl (C=O) groups is 1. The normalized spacial score (nSPS) is 12.3. The molecule has 8 nitrogen and oxygen atoms in total. The molecule has 31 heavy (non-hydrogen) atoms. The SMILES string of the molecule is COc1cc(N)c(Cl)cc1C(=O)NC(C)Cn1nc2c(C)cc3ccccc3n2c1=O. The molecule has 9 heteroatoms. The van der Waals surface area contributed by atoms with Crippen molar-refractivity contribution in [2.24, 2.45) is 0 Å². The molecule has 2 aromatic carbocycles. The van der Waals surface area contributed by atoms with Crippen molar-refractivity contribution < 1.29 is 9.53 Å². The molecule has 160 valence electrons. The first-order valence-electron chi connectivity index (χ1n) is 9.72. The number of aryl methyl sites for hydroxylation is 1. The molecule has 0 aliphatic heterocycles. The minimum absolute atomic E-state index is 0.199. The molecule has 0 aliphatic rings. The van der Waals surface area contributed by atoms with E-state index in [-0.39, 0.29) is 34.8 Å². The number of fused-ring (bicyclic) bond motifs is 3. The minimum Gasteiger partial charge on any atom is -0.496 e. The van der Waals surface area contributed by atoms with Crippen molar-refractivity contribution in [3.8, 4) is 5.75 Å². The van der Waals surface area contributed by atoms with Crippen LogP contribution in [-0.4, -0.2) is 33.2 Å². The van der Waals surface area contributed by atoms with Crippen LogP contribution in [0.15, 0.2) is 47.3 Å². The third-order valence-corrected chi connectivity index (χ3v) is 5.46. The third kappa shape index (κ3) is 3.70. The first-order chi connectivity index (χ1) is 14.8. The van der Waals surface area contributed by atoms with E-state index in [1.165, 1.54) is 23.9 Å². The molecule has 1 unspecified atom stereocenters. The Morgan fingerprint density at radius 3 is 2.77 bits per heavy atom. The Bertz CT molecular complexity index is 1380. The molecule has 3 N–H and O–H groups in total. The average molecular weight is 440 g/mol. The second-order valence-corrected chi connectivity index (χ2v) is 7.87. The number of carbonyl (C=O) groups excluding carboxylic acids is 1. The zero-order valence-corrected chi connectivity index (χ0v) is 18.1. The number of nitrogens with one attached hydrogen (secondary N) is 1. The Balaban J connectivity index is 1.63. The zero-order chi connectivity index (χ0) is 22.3. The highest BCUT2D eigenvalue weighted by Gasteiger charge is 2.19. The number of halogens is 1. The lowest BCUT2D eigenvalue weighted by atomic mass is 10.1. The topological polar surface area (TPSA) is 104 Å². The molecule has 0 radical (unpaired) electrons. The summed E-state index contributed by atoms with van der Waals surface area (Å²) in [5, 5.41) is 8.58. The quantitative estimate of drug-likeness (QED) is 0.465. The van der Waals surface area contributed by atoms with Gasteiger partial charge in [-0.2, -0.15) is 0 Å². The van der Waals surface area contributed by atoms with E-state index in [4.69, 9.17) is 22.1 Å². The van der Waals surface area contributed by atoms with E-state index in [1.54, 1.807) is 11.3 Å². The lowest BCUT2D eigenvalue weighted by Gasteiger charge is -2.15. The smallest absolute Gasteiger partial charge is 0.350 e. The number of benzene rings is 2. The largest absolute Gasteiger partial charge is 0.496 e. The number of aromatic nitrogens is 3. The maximum Gasteiger partial charge on any atom is 0.350 e. The van der Waals surface area contributed by atoms with Gasteiger partial charge in [-0.25, -0.2) is 13.9 Å². The number of nitrogen functional groups attached to an aromatic ring is 1. The standard InChI is InChI=1S/C22H22ClN5O3/c1-12-8-14-6-4-5-7-18(14)28-20(12)26-27(22(28)30)11-13(2)25-21(29)15-9-16(23)17(24)10-19(15)31-3/h4-10,13H,11,24H2,1-3H3,(H,25,29). The molecule has 0 fully saturated rings. The number of anilines is 1. The van der Waals surface area contributed by atoms with Crippen LogP contribution in [0.3, 0.4) is 0 Å².